The summed E-state index contributed by atoms with van der Waals surface area (Å²) in [6.45, 7) is 2.25. The first-order valence-corrected chi connectivity index (χ1v) is 11.2. The van der Waals surface area contributed by atoms with E-state index in [1.54, 1.807) is 24.3 Å². The van der Waals surface area contributed by atoms with Gasteiger partial charge in [0.05, 0.1) is 19.1 Å². The van der Waals surface area contributed by atoms with Crippen LogP contribution in [0, 0.1) is 0 Å². The minimum absolute atomic E-state index is 0.0194. The molecule has 1 heterocycles. The molecule has 2 aromatic carbocycles. The Kier molecular flexibility index (Phi) is 5.93. The van der Waals surface area contributed by atoms with Crippen molar-refractivity contribution in [2.24, 2.45) is 0 Å². The van der Waals surface area contributed by atoms with Gasteiger partial charge in [0.1, 0.15) is 5.75 Å². The number of hydrogen-bond acceptors (Lipinski definition) is 4. The number of para-hydroxylation sites is 3. The molecule has 0 aromatic heterocycles. The van der Waals surface area contributed by atoms with Crippen molar-refractivity contribution in [1.29, 1.82) is 0 Å². The van der Waals surface area contributed by atoms with E-state index in [1.807, 2.05) is 36.1 Å². The minimum atomic E-state index is -3.50. The van der Waals surface area contributed by atoms with Crippen LogP contribution in [0.4, 0.5) is 11.4 Å². The maximum Gasteiger partial charge on any atom is 0.232 e. The number of ether oxygens (including phenoxy) is 1. The highest BCUT2D eigenvalue weighted by Gasteiger charge is 2.30. The van der Waals surface area contributed by atoms with Crippen molar-refractivity contribution in [3.05, 3.63) is 54.1 Å². The normalized spacial score (nSPS) is 16.0. The highest BCUT2D eigenvalue weighted by Crippen LogP contribution is 2.33. The van der Waals surface area contributed by atoms with E-state index in [2.05, 4.69) is 0 Å². The lowest BCUT2D eigenvalue weighted by Crippen LogP contribution is -2.37. The molecule has 150 valence electrons. The van der Waals surface area contributed by atoms with Crippen LogP contribution in [0.2, 0.25) is 0 Å². The molecule has 0 fully saturated rings. The molecule has 6 nitrogen and oxygen atoms in total. The van der Waals surface area contributed by atoms with Crippen LogP contribution in [-0.4, -0.2) is 40.3 Å². The summed E-state index contributed by atoms with van der Waals surface area (Å²) >= 11 is 0. The van der Waals surface area contributed by atoms with Gasteiger partial charge in [-0.1, -0.05) is 30.3 Å². The fourth-order valence-electron chi connectivity index (χ4n) is 3.74. The Morgan fingerprint density at radius 3 is 2.57 bits per heavy atom. The number of methoxy groups -OCH3 is 1. The van der Waals surface area contributed by atoms with Crippen LogP contribution < -0.4 is 13.9 Å². The zero-order valence-corrected chi connectivity index (χ0v) is 17.3. The predicted octanol–water partition coefficient (Wildman–Crippen LogP) is 3.22. The molecule has 0 bridgehead atoms. The van der Waals surface area contributed by atoms with Gasteiger partial charge in [-0.15, -0.1) is 0 Å². The van der Waals surface area contributed by atoms with Crippen molar-refractivity contribution < 1.29 is 17.9 Å². The van der Waals surface area contributed by atoms with E-state index in [4.69, 9.17) is 4.74 Å². The summed E-state index contributed by atoms with van der Waals surface area (Å²) in [4.78, 5) is 14.7. The zero-order chi connectivity index (χ0) is 20.3. The van der Waals surface area contributed by atoms with Crippen LogP contribution in [-0.2, 0) is 21.2 Å². The van der Waals surface area contributed by atoms with Gasteiger partial charge < -0.3 is 9.64 Å². The van der Waals surface area contributed by atoms with Crippen LogP contribution >= 0.6 is 0 Å². The van der Waals surface area contributed by atoms with E-state index in [-0.39, 0.29) is 24.9 Å². The molecule has 0 spiro atoms. The average molecular weight is 403 g/mol. The first-order chi connectivity index (χ1) is 13.3. The summed E-state index contributed by atoms with van der Waals surface area (Å²) in [5, 5.41) is 0. The minimum Gasteiger partial charge on any atom is -0.495 e. The molecule has 1 amide bonds. The van der Waals surface area contributed by atoms with Gasteiger partial charge in [-0.05, 0) is 43.5 Å². The summed E-state index contributed by atoms with van der Waals surface area (Å²) in [7, 11) is -1.99. The molecule has 1 aliphatic rings. The van der Waals surface area contributed by atoms with Gasteiger partial charge >= 0.3 is 0 Å². The fourth-order valence-corrected chi connectivity index (χ4v) is 4.71. The number of sulfonamides is 1. The van der Waals surface area contributed by atoms with Crippen LogP contribution in [0.25, 0.3) is 0 Å². The molecule has 7 heteroatoms. The Hall–Kier alpha value is -2.54. The zero-order valence-electron chi connectivity index (χ0n) is 16.5. The number of nitrogens with zero attached hydrogens (tertiary/aromatic N) is 2. The van der Waals surface area contributed by atoms with Gasteiger partial charge in [0.15, 0.2) is 0 Å². The van der Waals surface area contributed by atoms with Crippen LogP contribution in [0.15, 0.2) is 48.5 Å². The standard InChI is InChI=1S/C21H26N2O4S/c1-16-15-17-9-4-5-10-18(17)23(16)21(24)13-8-14-22(28(3,25)26)19-11-6-7-12-20(19)27-2/h4-7,9-12,16H,8,13-15H2,1-3H3/t16-/m0/s1. The highest BCUT2D eigenvalue weighted by molar-refractivity contribution is 7.92. The van der Waals surface area contributed by atoms with Gasteiger partial charge in [0.2, 0.25) is 15.9 Å². The van der Waals surface area contributed by atoms with Gasteiger partial charge in [0.25, 0.3) is 0 Å². The maximum absolute atomic E-state index is 12.8. The van der Waals surface area contributed by atoms with Crippen molar-refractivity contribution in [1.82, 2.24) is 0 Å². The molecule has 1 atom stereocenters. The Labute approximate surface area is 166 Å². The maximum atomic E-state index is 12.8. The second-order valence-corrected chi connectivity index (χ2v) is 8.96. The molecule has 0 saturated heterocycles. The summed E-state index contributed by atoms with van der Waals surface area (Å²) < 4.78 is 31.3. The van der Waals surface area contributed by atoms with Gasteiger partial charge in [0, 0.05) is 24.7 Å². The van der Waals surface area contributed by atoms with Crippen molar-refractivity contribution in [3.8, 4) is 5.75 Å². The molecule has 2 aromatic rings. The summed E-state index contributed by atoms with van der Waals surface area (Å²) in [5.74, 6) is 0.507. The first-order valence-electron chi connectivity index (χ1n) is 9.33. The molecule has 0 saturated carbocycles. The second-order valence-electron chi connectivity index (χ2n) is 7.06. The van der Waals surface area contributed by atoms with E-state index >= 15 is 0 Å². The molecule has 0 unspecified atom stereocenters. The summed E-state index contributed by atoms with van der Waals surface area (Å²) in [6, 6.07) is 15.0. The summed E-state index contributed by atoms with van der Waals surface area (Å²) in [6.07, 6.45) is 2.72. The Balaban J connectivity index is 1.71. The monoisotopic (exact) mass is 402 g/mol. The molecule has 0 radical (unpaired) electrons. The van der Waals surface area contributed by atoms with E-state index < -0.39 is 10.0 Å². The third-order valence-corrected chi connectivity index (χ3v) is 6.16. The highest BCUT2D eigenvalue weighted by atomic mass is 32.2. The van der Waals surface area contributed by atoms with Gasteiger partial charge in [-0.25, -0.2) is 8.42 Å². The Morgan fingerprint density at radius 2 is 1.86 bits per heavy atom. The number of benzene rings is 2. The van der Waals surface area contributed by atoms with Crippen molar-refractivity contribution >= 4 is 27.3 Å². The number of amides is 1. The number of carbonyl (C=O) groups is 1. The lowest BCUT2D eigenvalue weighted by atomic mass is 10.1. The molecular formula is C21H26N2O4S. The first kappa shape index (κ1) is 20.2. The SMILES string of the molecule is COc1ccccc1N(CCCC(=O)N1c2ccccc2C[C@@H]1C)S(C)(=O)=O. The quantitative estimate of drug-likeness (QED) is 0.713. The molecular weight excluding hydrogens is 376 g/mol. The van der Waals surface area contributed by atoms with Crippen molar-refractivity contribution in [3.63, 3.8) is 0 Å². The summed E-state index contributed by atoms with van der Waals surface area (Å²) in [5.41, 5.74) is 2.62. The predicted molar refractivity (Wildman–Crippen MR) is 112 cm³/mol. The van der Waals surface area contributed by atoms with E-state index in [1.165, 1.54) is 23.2 Å². The third kappa shape index (κ3) is 4.14. The molecule has 0 N–H and O–H groups in total. The van der Waals surface area contributed by atoms with E-state index in [0.29, 0.717) is 17.9 Å². The van der Waals surface area contributed by atoms with Crippen LogP contribution in [0.1, 0.15) is 25.3 Å². The number of carbonyl (C=O) groups excluding carboxylic acids is 1. The van der Waals surface area contributed by atoms with Crippen molar-refractivity contribution in [2.45, 2.75) is 32.2 Å². The Morgan fingerprint density at radius 1 is 1.18 bits per heavy atom. The van der Waals surface area contributed by atoms with E-state index in [0.717, 1.165) is 12.1 Å². The van der Waals surface area contributed by atoms with E-state index in [9.17, 15) is 13.2 Å². The topological polar surface area (TPSA) is 66.9 Å². The largest absolute Gasteiger partial charge is 0.495 e. The lowest BCUT2D eigenvalue weighted by molar-refractivity contribution is -0.118. The smallest absolute Gasteiger partial charge is 0.232 e. The molecule has 3 rings (SSSR count). The van der Waals surface area contributed by atoms with Crippen LogP contribution in [0.3, 0.4) is 0 Å². The molecule has 1 aliphatic heterocycles. The van der Waals surface area contributed by atoms with Gasteiger partial charge in [-0.3, -0.25) is 9.10 Å². The van der Waals surface area contributed by atoms with Gasteiger partial charge in [-0.2, -0.15) is 0 Å². The number of anilines is 2. The second kappa shape index (κ2) is 8.22. The number of rotatable bonds is 7. The number of hydrogen-bond donors (Lipinski definition) is 0. The third-order valence-electron chi connectivity index (χ3n) is 4.98. The van der Waals surface area contributed by atoms with Crippen molar-refractivity contribution in [2.75, 3.05) is 29.1 Å². The fraction of sp³-hybridized carbons (Fsp3) is 0.381. The van der Waals surface area contributed by atoms with Crippen LogP contribution in [0.5, 0.6) is 5.75 Å². The lowest BCUT2D eigenvalue weighted by Gasteiger charge is -2.26. The average Bonchev–Trinajstić information content (AvgIpc) is 3.00. The molecule has 0 aliphatic carbocycles. The molecule has 28 heavy (non-hydrogen) atoms. The number of fused-ring (bicyclic) bond motifs is 1. The Bertz CT molecular complexity index is 958.